The molecule has 1 aliphatic rings. The number of carbonyl (C=O) groups is 1. The van der Waals surface area contributed by atoms with Crippen molar-refractivity contribution in [1.82, 2.24) is 14.7 Å². The highest BCUT2D eigenvalue weighted by molar-refractivity contribution is 7.92. The Kier molecular flexibility index (Phi) is 4.56. The van der Waals surface area contributed by atoms with Crippen molar-refractivity contribution in [3.05, 3.63) is 18.1 Å². The summed E-state index contributed by atoms with van der Waals surface area (Å²) in [4.78, 5) is 19.4. The lowest BCUT2D eigenvalue weighted by atomic mass is 10.1. The molecule has 0 bridgehead atoms. The van der Waals surface area contributed by atoms with Crippen molar-refractivity contribution in [1.29, 1.82) is 0 Å². The summed E-state index contributed by atoms with van der Waals surface area (Å²) in [5, 5.41) is 22.8. The Labute approximate surface area is 154 Å². The monoisotopic (exact) mass is 399 g/mol. The first-order valence-corrected chi connectivity index (χ1v) is 9.40. The van der Waals surface area contributed by atoms with Gasteiger partial charge in [-0.05, 0) is 26.3 Å². The quantitative estimate of drug-likeness (QED) is 0.559. The van der Waals surface area contributed by atoms with Crippen LogP contribution in [0.2, 0.25) is 0 Å². The van der Waals surface area contributed by atoms with E-state index < -0.39 is 45.5 Å². The summed E-state index contributed by atoms with van der Waals surface area (Å²) < 4.78 is 41.1. The Morgan fingerprint density at radius 1 is 1.44 bits per heavy atom. The average molecular weight is 399 g/mol. The second-order valence-corrected chi connectivity index (χ2v) is 8.31. The van der Waals surface area contributed by atoms with E-state index in [0.717, 1.165) is 6.07 Å². The molecule has 1 aliphatic heterocycles. The fraction of sp³-hybridized carbons (Fsp3) is 0.400. The lowest BCUT2D eigenvalue weighted by molar-refractivity contribution is -0.117. The molecular formula is C15H18FN5O5S. The van der Waals surface area contributed by atoms with Crippen molar-refractivity contribution in [3.8, 4) is 5.75 Å². The molecule has 2 aromatic rings. The highest BCUT2D eigenvalue weighted by Crippen LogP contribution is 2.37. The lowest BCUT2D eigenvalue weighted by Gasteiger charge is -2.18. The number of phenolic OH excluding ortho intramolecular Hbond substituents is 1. The maximum Gasteiger partial charge on any atom is 0.326 e. The Hall–Kier alpha value is -2.73. The first kappa shape index (κ1) is 19.0. The second kappa shape index (κ2) is 6.46. The number of halogens is 1. The molecule has 0 saturated carbocycles. The minimum absolute atomic E-state index is 0.0702. The number of aromatic nitrogens is 2. The molecule has 1 fully saturated rings. The van der Waals surface area contributed by atoms with Crippen molar-refractivity contribution >= 4 is 38.7 Å². The summed E-state index contributed by atoms with van der Waals surface area (Å²) >= 11 is 0. The number of hydrogen-bond acceptors (Lipinski definition) is 8. The predicted molar refractivity (Wildman–Crippen MR) is 95.0 cm³/mol. The molecule has 27 heavy (non-hydrogen) atoms. The average Bonchev–Trinajstić information content (AvgIpc) is 2.79. The molecule has 2 heterocycles. The summed E-state index contributed by atoms with van der Waals surface area (Å²) in [6.45, 7) is 2.94. The molecule has 0 unspecified atom stereocenters. The Morgan fingerprint density at radius 3 is 2.74 bits per heavy atom. The standard InChI is InChI=1S/C15H18FN5O5S/c1-15(2,24)3-4-17-14-18-6-8-5-9(22)13(11(16)12(8)19-14)21-7-10(23)20-27(21,25)26/h5-6,22,24H,3-4,7H2,1-2H3,(H,20,23)(H,17,18,19). The van der Waals surface area contributed by atoms with Crippen molar-refractivity contribution in [2.75, 3.05) is 22.7 Å². The zero-order chi connectivity index (χ0) is 20.0. The molecule has 4 N–H and O–H groups in total. The molecule has 0 spiro atoms. The number of anilines is 2. The van der Waals surface area contributed by atoms with Crippen molar-refractivity contribution in [2.24, 2.45) is 0 Å². The van der Waals surface area contributed by atoms with Crippen LogP contribution in [-0.4, -0.2) is 53.2 Å². The normalized spacial score (nSPS) is 16.6. The summed E-state index contributed by atoms with van der Waals surface area (Å²) in [5.41, 5.74) is -1.79. The van der Waals surface area contributed by atoms with Crippen molar-refractivity contribution < 1.29 is 27.8 Å². The summed E-state index contributed by atoms with van der Waals surface area (Å²) in [6, 6.07) is 1.12. The molecule has 12 heteroatoms. The van der Waals surface area contributed by atoms with Crippen LogP contribution in [0.25, 0.3) is 10.9 Å². The van der Waals surface area contributed by atoms with Crippen LogP contribution in [-0.2, 0) is 15.0 Å². The van der Waals surface area contributed by atoms with Crippen LogP contribution in [0, 0.1) is 5.82 Å². The topological polar surface area (TPSA) is 145 Å². The lowest BCUT2D eigenvalue weighted by Crippen LogP contribution is -2.30. The smallest absolute Gasteiger partial charge is 0.326 e. The first-order valence-electron chi connectivity index (χ1n) is 7.96. The molecular weight excluding hydrogens is 381 g/mol. The minimum atomic E-state index is -4.30. The maximum absolute atomic E-state index is 15.0. The third kappa shape index (κ3) is 3.85. The number of rotatable bonds is 5. The van der Waals surface area contributed by atoms with Gasteiger partial charge in [0.25, 0.3) is 5.91 Å². The molecule has 1 aromatic heterocycles. The van der Waals surface area contributed by atoms with Gasteiger partial charge in [0.2, 0.25) is 5.95 Å². The van der Waals surface area contributed by atoms with Crippen LogP contribution in [0.4, 0.5) is 16.0 Å². The third-order valence-corrected chi connectivity index (χ3v) is 5.23. The molecule has 0 radical (unpaired) electrons. The number of hydrogen-bond donors (Lipinski definition) is 4. The van der Waals surface area contributed by atoms with E-state index in [1.54, 1.807) is 18.6 Å². The molecule has 0 aliphatic carbocycles. The van der Waals surface area contributed by atoms with E-state index in [0.29, 0.717) is 17.3 Å². The molecule has 10 nitrogen and oxygen atoms in total. The van der Waals surface area contributed by atoms with E-state index in [2.05, 4.69) is 15.3 Å². The summed E-state index contributed by atoms with van der Waals surface area (Å²) in [7, 11) is -4.30. The third-order valence-electron chi connectivity index (χ3n) is 3.86. The fourth-order valence-electron chi connectivity index (χ4n) is 2.56. The van der Waals surface area contributed by atoms with E-state index in [4.69, 9.17) is 0 Å². The maximum atomic E-state index is 15.0. The predicted octanol–water partition coefficient (Wildman–Crippen LogP) is 0.228. The highest BCUT2D eigenvalue weighted by atomic mass is 32.2. The largest absolute Gasteiger partial charge is 0.506 e. The van der Waals surface area contributed by atoms with Gasteiger partial charge >= 0.3 is 10.2 Å². The zero-order valence-electron chi connectivity index (χ0n) is 14.5. The number of phenols is 1. The van der Waals surface area contributed by atoms with Gasteiger partial charge in [-0.15, -0.1) is 0 Å². The van der Waals surface area contributed by atoms with Gasteiger partial charge in [-0.1, -0.05) is 0 Å². The van der Waals surface area contributed by atoms with E-state index in [-0.39, 0.29) is 16.9 Å². The number of benzene rings is 1. The number of amides is 1. The molecule has 1 saturated heterocycles. The van der Waals surface area contributed by atoms with Gasteiger partial charge < -0.3 is 15.5 Å². The van der Waals surface area contributed by atoms with Gasteiger partial charge in [0.15, 0.2) is 5.82 Å². The highest BCUT2D eigenvalue weighted by Gasteiger charge is 2.38. The number of nitrogens with zero attached hydrogens (tertiary/aromatic N) is 3. The first-order chi connectivity index (χ1) is 12.5. The van der Waals surface area contributed by atoms with Crippen LogP contribution < -0.4 is 14.3 Å². The summed E-state index contributed by atoms with van der Waals surface area (Å²) in [5.74, 6) is -2.53. The van der Waals surface area contributed by atoms with Crippen LogP contribution in [0.15, 0.2) is 12.3 Å². The number of fused-ring (bicyclic) bond motifs is 1. The van der Waals surface area contributed by atoms with E-state index >= 15 is 0 Å². The summed E-state index contributed by atoms with van der Waals surface area (Å²) in [6.07, 6.45) is 1.65. The molecule has 1 amide bonds. The Morgan fingerprint density at radius 2 is 2.15 bits per heavy atom. The molecule has 0 atom stereocenters. The number of aromatic hydroxyl groups is 1. The van der Waals surface area contributed by atoms with Gasteiger partial charge in [0.1, 0.15) is 23.5 Å². The molecule has 1 aromatic carbocycles. The van der Waals surface area contributed by atoms with Gasteiger partial charge in [0.05, 0.1) is 5.60 Å². The van der Waals surface area contributed by atoms with Gasteiger partial charge in [-0.25, -0.2) is 23.4 Å². The van der Waals surface area contributed by atoms with E-state index in [1.165, 1.54) is 6.20 Å². The van der Waals surface area contributed by atoms with Crippen LogP contribution in [0.5, 0.6) is 5.75 Å². The van der Waals surface area contributed by atoms with Gasteiger partial charge in [0, 0.05) is 18.1 Å². The van der Waals surface area contributed by atoms with E-state index in [1.807, 2.05) is 0 Å². The van der Waals surface area contributed by atoms with Gasteiger partial charge in [-0.2, -0.15) is 8.42 Å². The fourth-order valence-corrected chi connectivity index (χ4v) is 3.73. The number of carbonyl (C=O) groups excluding carboxylic acids is 1. The number of nitrogens with one attached hydrogen (secondary N) is 2. The van der Waals surface area contributed by atoms with E-state index in [9.17, 15) is 27.8 Å². The second-order valence-electron chi connectivity index (χ2n) is 6.72. The SMILES string of the molecule is CC(C)(O)CCNc1ncc2cc(O)c(N3CC(=O)NS3(=O)=O)c(F)c2n1. The van der Waals surface area contributed by atoms with Crippen LogP contribution in [0.1, 0.15) is 20.3 Å². The van der Waals surface area contributed by atoms with Crippen LogP contribution >= 0.6 is 0 Å². The van der Waals surface area contributed by atoms with Gasteiger partial charge in [-0.3, -0.25) is 4.79 Å². The number of aliphatic hydroxyl groups is 1. The molecule has 3 rings (SSSR count). The minimum Gasteiger partial charge on any atom is -0.506 e. The Balaban J connectivity index is 2.00. The van der Waals surface area contributed by atoms with Crippen LogP contribution in [0.3, 0.4) is 0 Å². The van der Waals surface area contributed by atoms with Crippen molar-refractivity contribution in [3.63, 3.8) is 0 Å². The van der Waals surface area contributed by atoms with Crippen molar-refractivity contribution in [2.45, 2.75) is 25.9 Å². The zero-order valence-corrected chi connectivity index (χ0v) is 15.3. The molecule has 146 valence electrons. The Bertz CT molecular complexity index is 1020.